The first kappa shape index (κ1) is 14.7. The summed E-state index contributed by atoms with van der Waals surface area (Å²) < 4.78 is 0. The van der Waals surface area contributed by atoms with Crippen molar-refractivity contribution in [3.05, 3.63) is 72.9 Å². The van der Waals surface area contributed by atoms with Crippen molar-refractivity contribution >= 4 is 11.5 Å². The van der Waals surface area contributed by atoms with Crippen molar-refractivity contribution < 1.29 is 0 Å². The standard InChI is InChI=1S/C20H20N4/c1-3-7-17(8-4-1)20-21-12-11-19(22-20)24-15-13-23(14-16-24)18-9-5-2-6-10-18/h1-12H,13-16H2. The van der Waals surface area contributed by atoms with Gasteiger partial charge in [0.2, 0.25) is 0 Å². The van der Waals surface area contributed by atoms with Crippen molar-refractivity contribution in [2.45, 2.75) is 0 Å². The average Bonchev–Trinajstić information content (AvgIpc) is 2.70. The topological polar surface area (TPSA) is 32.3 Å². The van der Waals surface area contributed by atoms with Crippen LogP contribution in [0.4, 0.5) is 11.5 Å². The average molecular weight is 316 g/mol. The lowest BCUT2D eigenvalue weighted by molar-refractivity contribution is 0.647. The Morgan fingerprint density at radius 1 is 0.667 bits per heavy atom. The molecule has 1 aliphatic rings. The van der Waals surface area contributed by atoms with E-state index in [2.05, 4.69) is 45.1 Å². The predicted octanol–water partition coefficient (Wildman–Crippen LogP) is 3.47. The van der Waals surface area contributed by atoms with E-state index in [9.17, 15) is 0 Å². The molecule has 2 heterocycles. The van der Waals surface area contributed by atoms with Crippen LogP contribution >= 0.6 is 0 Å². The number of para-hydroxylation sites is 1. The molecule has 1 aromatic heterocycles. The van der Waals surface area contributed by atoms with E-state index in [1.807, 2.05) is 42.6 Å². The molecule has 0 N–H and O–H groups in total. The van der Waals surface area contributed by atoms with Crippen molar-refractivity contribution in [2.24, 2.45) is 0 Å². The fourth-order valence-electron chi connectivity index (χ4n) is 3.08. The zero-order chi connectivity index (χ0) is 16.2. The maximum Gasteiger partial charge on any atom is 0.161 e. The van der Waals surface area contributed by atoms with Gasteiger partial charge in [-0.25, -0.2) is 9.97 Å². The van der Waals surface area contributed by atoms with Crippen LogP contribution in [0.2, 0.25) is 0 Å². The minimum absolute atomic E-state index is 0.790. The van der Waals surface area contributed by atoms with Crippen LogP contribution in [0, 0.1) is 0 Å². The van der Waals surface area contributed by atoms with E-state index in [0.717, 1.165) is 43.4 Å². The summed E-state index contributed by atoms with van der Waals surface area (Å²) >= 11 is 0. The molecule has 4 nitrogen and oxygen atoms in total. The van der Waals surface area contributed by atoms with Crippen molar-refractivity contribution in [3.8, 4) is 11.4 Å². The maximum absolute atomic E-state index is 4.76. The number of aromatic nitrogens is 2. The molecule has 1 fully saturated rings. The molecule has 0 saturated carbocycles. The smallest absolute Gasteiger partial charge is 0.161 e. The molecule has 0 radical (unpaired) electrons. The summed E-state index contributed by atoms with van der Waals surface area (Å²) in [5.41, 5.74) is 2.35. The molecule has 3 aromatic rings. The number of nitrogens with zero attached hydrogens (tertiary/aromatic N) is 4. The zero-order valence-electron chi connectivity index (χ0n) is 13.5. The predicted molar refractivity (Wildman–Crippen MR) is 98.3 cm³/mol. The van der Waals surface area contributed by atoms with Crippen molar-refractivity contribution in [3.63, 3.8) is 0 Å². The van der Waals surface area contributed by atoms with Crippen molar-refractivity contribution in [2.75, 3.05) is 36.0 Å². The van der Waals surface area contributed by atoms with E-state index in [-0.39, 0.29) is 0 Å². The Morgan fingerprint density at radius 2 is 1.29 bits per heavy atom. The number of anilines is 2. The fourth-order valence-corrected chi connectivity index (χ4v) is 3.08. The molecule has 4 rings (SSSR count). The Kier molecular flexibility index (Phi) is 4.11. The van der Waals surface area contributed by atoms with E-state index in [1.54, 1.807) is 0 Å². The van der Waals surface area contributed by atoms with Crippen molar-refractivity contribution in [1.29, 1.82) is 0 Å². The summed E-state index contributed by atoms with van der Waals surface area (Å²) in [7, 11) is 0. The molecule has 4 heteroatoms. The minimum atomic E-state index is 0.790. The number of rotatable bonds is 3. The Labute approximate surface area is 142 Å². The van der Waals surface area contributed by atoms with Gasteiger partial charge in [0.15, 0.2) is 5.82 Å². The van der Waals surface area contributed by atoms with Crippen LogP contribution in [-0.2, 0) is 0 Å². The summed E-state index contributed by atoms with van der Waals surface area (Å²) in [6.45, 7) is 3.96. The van der Waals surface area contributed by atoms with E-state index in [1.165, 1.54) is 5.69 Å². The number of hydrogen-bond acceptors (Lipinski definition) is 4. The molecule has 0 spiro atoms. The highest BCUT2D eigenvalue weighted by Gasteiger charge is 2.18. The third-order valence-electron chi connectivity index (χ3n) is 4.40. The van der Waals surface area contributed by atoms with Gasteiger partial charge in [0.25, 0.3) is 0 Å². The molecule has 1 aliphatic heterocycles. The van der Waals surface area contributed by atoms with Gasteiger partial charge in [-0.1, -0.05) is 48.5 Å². The summed E-state index contributed by atoms with van der Waals surface area (Å²) in [5, 5.41) is 0. The Bertz CT molecular complexity index is 781. The van der Waals surface area contributed by atoms with Gasteiger partial charge in [-0.15, -0.1) is 0 Å². The molecular weight excluding hydrogens is 296 g/mol. The molecule has 1 saturated heterocycles. The minimum Gasteiger partial charge on any atom is -0.368 e. The first-order chi connectivity index (χ1) is 11.9. The summed E-state index contributed by atoms with van der Waals surface area (Å²) in [6, 6.07) is 22.7. The van der Waals surface area contributed by atoms with E-state index in [4.69, 9.17) is 4.98 Å². The lowest BCUT2D eigenvalue weighted by Crippen LogP contribution is -2.46. The van der Waals surface area contributed by atoms with Gasteiger partial charge >= 0.3 is 0 Å². The van der Waals surface area contributed by atoms with E-state index < -0.39 is 0 Å². The van der Waals surface area contributed by atoms with Gasteiger partial charge in [0.05, 0.1) is 0 Å². The molecule has 0 aliphatic carbocycles. The molecule has 0 amide bonds. The van der Waals surface area contributed by atoms with Crippen LogP contribution in [-0.4, -0.2) is 36.1 Å². The number of piperazine rings is 1. The molecular formula is C20H20N4. The molecule has 120 valence electrons. The second-order valence-electron chi connectivity index (χ2n) is 5.91. The molecule has 0 unspecified atom stereocenters. The molecule has 2 aromatic carbocycles. The lowest BCUT2D eigenvalue weighted by Gasteiger charge is -2.36. The Morgan fingerprint density at radius 3 is 2.00 bits per heavy atom. The van der Waals surface area contributed by atoms with Gasteiger partial charge in [-0.2, -0.15) is 0 Å². The first-order valence-corrected chi connectivity index (χ1v) is 8.33. The van der Waals surface area contributed by atoms with Crippen LogP contribution in [0.1, 0.15) is 0 Å². The monoisotopic (exact) mass is 316 g/mol. The van der Waals surface area contributed by atoms with E-state index >= 15 is 0 Å². The highest BCUT2D eigenvalue weighted by Crippen LogP contribution is 2.21. The van der Waals surface area contributed by atoms with E-state index in [0.29, 0.717) is 0 Å². The molecule has 0 atom stereocenters. The zero-order valence-corrected chi connectivity index (χ0v) is 13.5. The van der Waals surface area contributed by atoms with Gasteiger partial charge < -0.3 is 9.80 Å². The Balaban J connectivity index is 1.48. The Hall–Kier alpha value is -2.88. The fraction of sp³-hybridized carbons (Fsp3) is 0.200. The second kappa shape index (κ2) is 6.71. The summed E-state index contributed by atoms with van der Waals surface area (Å²) in [6.07, 6.45) is 1.86. The number of benzene rings is 2. The first-order valence-electron chi connectivity index (χ1n) is 8.33. The quantitative estimate of drug-likeness (QED) is 0.740. The third-order valence-corrected chi connectivity index (χ3v) is 4.40. The van der Waals surface area contributed by atoms with Gasteiger partial charge in [-0.05, 0) is 18.2 Å². The van der Waals surface area contributed by atoms with Crippen LogP contribution in [0.5, 0.6) is 0 Å². The second-order valence-corrected chi connectivity index (χ2v) is 5.91. The maximum atomic E-state index is 4.76. The van der Waals surface area contributed by atoms with Gasteiger partial charge in [0, 0.05) is 43.6 Å². The normalized spacial score (nSPS) is 14.7. The lowest BCUT2D eigenvalue weighted by atomic mass is 10.2. The molecule has 0 bridgehead atoms. The van der Waals surface area contributed by atoms with Crippen LogP contribution in [0.25, 0.3) is 11.4 Å². The third kappa shape index (κ3) is 3.08. The van der Waals surface area contributed by atoms with Crippen LogP contribution in [0.3, 0.4) is 0 Å². The highest BCUT2D eigenvalue weighted by molar-refractivity contribution is 5.57. The number of hydrogen-bond donors (Lipinski definition) is 0. The van der Waals surface area contributed by atoms with Crippen LogP contribution < -0.4 is 9.80 Å². The largest absolute Gasteiger partial charge is 0.368 e. The van der Waals surface area contributed by atoms with Crippen LogP contribution in [0.15, 0.2) is 72.9 Å². The summed E-state index contributed by atoms with van der Waals surface area (Å²) in [5.74, 6) is 1.80. The molecule has 24 heavy (non-hydrogen) atoms. The SMILES string of the molecule is c1ccc(-c2nccc(N3CCN(c4ccccc4)CC3)n2)cc1. The highest BCUT2D eigenvalue weighted by atomic mass is 15.3. The summed E-state index contributed by atoms with van der Waals surface area (Å²) in [4.78, 5) is 13.9. The van der Waals surface area contributed by atoms with Gasteiger partial charge in [-0.3, -0.25) is 0 Å². The van der Waals surface area contributed by atoms with Crippen molar-refractivity contribution in [1.82, 2.24) is 9.97 Å². The van der Waals surface area contributed by atoms with Gasteiger partial charge in [0.1, 0.15) is 5.82 Å².